The number of benzene rings is 1. The van der Waals surface area contributed by atoms with E-state index in [1.165, 1.54) is 5.56 Å². The van der Waals surface area contributed by atoms with E-state index in [1.54, 1.807) is 7.11 Å². The van der Waals surface area contributed by atoms with E-state index >= 15 is 0 Å². The second kappa shape index (κ2) is 5.23. The van der Waals surface area contributed by atoms with Crippen LogP contribution >= 0.6 is 0 Å². The van der Waals surface area contributed by atoms with E-state index in [1.807, 2.05) is 30.1 Å². The average Bonchev–Trinajstić information content (AvgIpc) is 2.72. The summed E-state index contributed by atoms with van der Waals surface area (Å²) in [6.07, 6.45) is 2.63. The van der Waals surface area contributed by atoms with Gasteiger partial charge in [0.15, 0.2) is 0 Å². The van der Waals surface area contributed by atoms with Crippen molar-refractivity contribution in [2.24, 2.45) is 12.8 Å². The highest BCUT2D eigenvalue weighted by Crippen LogP contribution is 2.32. The largest absolute Gasteiger partial charge is 0.496 e. The molecule has 1 aromatic heterocycles. The number of hydrogen-bond donors (Lipinski definition) is 1. The maximum absolute atomic E-state index is 5.66. The van der Waals surface area contributed by atoms with Crippen molar-refractivity contribution in [2.45, 2.75) is 13.3 Å². The van der Waals surface area contributed by atoms with Gasteiger partial charge in [-0.25, -0.2) is 4.98 Å². The molecule has 1 heterocycles. The number of methoxy groups -OCH3 is 1. The molecule has 0 bridgehead atoms. The molecule has 0 amide bonds. The Morgan fingerprint density at radius 3 is 2.83 bits per heavy atom. The topological polar surface area (TPSA) is 53.1 Å². The molecule has 0 unspecified atom stereocenters. The molecule has 0 aliphatic carbocycles. The summed E-state index contributed by atoms with van der Waals surface area (Å²) < 4.78 is 7.43. The molecule has 96 valence electrons. The van der Waals surface area contributed by atoms with Crippen molar-refractivity contribution in [3.05, 3.63) is 35.8 Å². The minimum absolute atomic E-state index is 0.612. The Bertz CT molecular complexity index is 546. The van der Waals surface area contributed by atoms with Gasteiger partial charge in [-0.15, -0.1) is 0 Å². The van der Waals surface area contributed by atoms with Crippen LogP contribution in [0.2, 0.25) is 0 Å². The zero-order valence-electron chi connectivity index (χ0n) is 11.1. The van der Waals surface area contributed by atoms with Crippen LogP contribution in [0.3, 0.4) is 0 Å². The third-order valence-electron chi connectivity index (χ3n) is 3.05. The van der Waals surface area contributed by atoms with E-state index in [4.69, 9.17) is 10.5 Å². The van der Waals surface area contributed by atoms with Crippen LogP contribution in [0.4, 0.5) is 0 Å². The number of aromatic nitrogens is 2. The Labute approximate surface area is 107 Å². The summed E-state index contributed by atoms with van der Waals surface area (Å²) in [4.78, 5) is 4.48. The lowest BCUT2D eigenvalue weighted by Crippen LogP contribution is -2.07. The Hall–Kier alpha value is -1.81. The molecule has 0 saturated carbocycles. The lowest BCUT2D eigenvalue weighted by Gasteiger charge is -2.10. The predicted octanol–water partition coefficient (Wildman–Crippen LogP) is 1.91. The molecule has 0 atom stereocenters. The highest BCUT2D eigenvalue weighted by Gasteiger charge is 2.14. The molecule has 2 N–H and O–H groups in total. The third-order valence-corrected chi connectivity index (χ3v) is 3.05. The molecule has 2 rings (SSSR count). The van der Waals surface area contributed by atoms with Gasteiger partial charge < -0.3 is 15.0 Å². The fourth-order valence-electron chi connectivity index (χ4n) is 2.12. The quantitative estimate of drug-likeness (QED) is 0.895. The van der Waals surface area contributed by atoms with Crippen LogP contribution in [-0.4, -0.2) is 23.2 Å². The highest BCUT2D eigenvalue weighted by atomic mass is 16.5. The number of ether oxygens (including phenoxy) is 1. The molecule has 0 radical (unpaired) electrons. The van der Waals surface area contributed by atoms with Gasteiger partial charge in [-0.05, 0) is 25.6 Å². The van der Waals surface area contributed by atoms with Crippen molar-refractivity contribution < 1.29 is 4.74 Å². The maximum Gasteiger partial charge on any atom is 0.128 e. The van der Waals surface area contributed by atoms with Gasteiger partial charge in [0.1, 0.15) is 5.75 Å². The summed E-state index contributed by atoms with van der Waals surface area (Å²) in [5.41, 5.74) is 9.98. The first-order valence-corrected chi connectivity index (χ1v) is 6.02. The molecule has 18 heavy (non-hydrogen) atoms. The number of nitrogens with two attached hydrogens (primary N) is 1. The number of imidazole rings is 1. The van der Waals surface area contributed by atoms with Gasteiger partial charge in [0.2, 0.25) is 0 Å². The molecule has 0 aliphatic heterocycles. The minimum Gasteiger partial charge on any atom is -0.496 e. The normalized spacial score (nSPS) is 10.7. The molecule has 0 saturated heterocycles. The molecule has 2 aromatic rings. The second-order valence-electron chi connectivity index (χ2n) is 4.39. The lowest BCUT2D eigenvalue weighted by molar-refractivity contribution is 0.416. The van der Waals surface area contributed by atoms with Gasteiger partial charge in [-0.2, -0.15) is 0 Å². The Kier molecular flexibility index (Phi) is 3.67. The molecular weight excluding hydrogens is 226 g/mol. The van der Waals surface area contributed by atoms with E-state index in [0.717, 1.165) is 29.1 Å². The SMILES string of the molecule is COc1ccc(C)cc1-c1ncn(C)c1CCN. The zero-order chi connectivity index (χ0) is 13.1. The van der Waals surface area contributed by atoms with Crippen LogP contribution in [0.5, 0.6) is 5.75 Å². The number of aryl methyl sites for hydroxylation is 2. The lowest BCUT2D eigenvalue weighted by atomic mass is 10.0. The summed E-state index contributed by atoms with van der Waals surface area (Å²) in [7, 11) is 3.67. The average molecular weight is 245 g/mol. The summed E-state index contributed by atoms with van der Waals surface area (Å²) in [6, 6.07) is 6.11. The summed E-state index contributed by atoms with van der Waals surface area (Å²) >= 11 is 0. The van der Waals surface area contributed by atoms with E-state index in [2.05, 4.69) is 18.0 Å². The Morgan fingerprint density at radius 2 is 2.17 bits per heavy atom. The number of hydrogen-bond acceptors (Lipinski definition) is 3. The highest BCUT2D eigenvalue weighted by molar-refractivity contribution is 5.70. The first-order valence-electron chi connectivity index (χ1n) is 6.02. The van der Waals surface area contributed by atoms with Crippen molar-refractivity contribution in [1.82, 2.24) is 9.55 Å². The monoisotopic (exact) mass is 245 g/mol. The molecule has 0 spiro atoms. The first-order chi connectivity index (χ1) is 8.67. The molecule has 4 heteroatoms. The van der Waals surface area contributed by atoms with Gasteiger partial charge in [-0.3, -0.25) is 0 Å². The number of nitrogens with zero attached hydrogens (tertiary/aromatic N) is 2. The second-order valence-corrected chi connectivity index (χ2v) is 4.39. The van der Waals surface area contributed by atoms with Gasteiger partial charge in [0.05, 0.1) is 19.1 Å². The van der Waals surface area contributed by atoms with Crippen LogP contribution in [0.15, 0.2) is 24.5 Å². The fourth-order valence-corrected chi connectivity index (χ4v) is 2.12. The summed E-state index contributed by atoms with van der Waals surface area (Å²) in [6.45, 7) is 2.68. The smallest absolute Gasteiger partial charge is 0.128 e. The van der Waals surface area contributed by atoms with Crippen LogP contribution in [0, 0.1) is 6.92 Å². The van der Waals surface area contributed by atoms with Crippen molar-refractivity contribution in [2.75, 3.05) is 13.7 Å². The zero-order valence-corrected chi connectivity index (χ0v) is 11.1. The van der Waals surface area contributed by atoms with Gasteiger partial charge in [0.25, 0.3) is 0 Å². The molecule has 4 nitrogen and oxygen atoms in total. The van der Waals surface area contributed by atoms with Crippen LogP contribution < -0.4 is 10.5 Å². The molecule has 1 aromatic carbocycles. The molecular formula is C14H19N3O. The van der Waals surface area contributed by atoms with Gasteiger partial charge >= 0.3 is 0 Å². The van der Waals surface area contributed by atoms with Crippen LogP contribution in [0.1, 0.15) is 11.3 Å². The Morgan fingerprint density at radius 1 is 1.39 bits per heavy atom. The predicted molar refractivity (Wildman–Crippen MR) is 72.7 cm³/mol. The minimum atomic E-state index is 0.612. The third kappa shape index (κ3) is 2.24. The van der Waals surface area contributed by atoms with Gasteiger partial charge in [-0.1, -0.05) is 11.6 Å². The standard InChI is InChI=1S/C14H19N3O/c1-10-4-5-13(18-3)11(8-10)14-12(6-7-15)17(2)9-16-14/h4-5,8-9H,6-7,15H2,1-3H3. The molecule has 0 fully saturated rings. The van der Waals surface area contributed by atoms with Crippen molar-refractivity contribution in [3.63, 3.8) is 0 Å². The van der Waals surface area contributed by atoms with Crippen LogP contribution in [0.25, 0.3) is 11.3 Å². The van der Waals surface area contributed by atoms with E-state index in [9.17, 15) is 0 Å². The van der Waals surface area contributed by atoms with Crippen molar-refractivity contribution >= 4 is 0 Å². The molecule has 0 aliphatic rings. The fraction of sp³-hybridized carbons (Fsp3) is 0.357. The van der Waals surface area contributed by atoms with Gasteiger partial charge in [0, 0.05) is 24.7 Å². The van der Waals surface area contributed by atoms with E-state index in [-0.39, 0.29) is 0 Å². The van der Waals surface area contributed by atoms with E-state index in [0.29, 0.717) is 6.54 Å². The van der Waals surface area contributed by atoms with Crippen molar-refractivity contribution in [1.29, 1.82) is 0 Å². The summed E-state index contributed by atoms with van der Waals surface area (Å²) in [5.74, 6) is 0.845. The first kappa shape index (κ1) is 12.6. The maximum atomic E-state index is 5.66. The number of rotatable bonds is 4. The van der Waals surface area contributed by atoms with Crippen LogP contribution in [-0.2, 0) is 13.5 Å². The Balaban J connectivity index is 2.57. The van der Waals surface area contributed by atoms with Crippen molar-refractivity contribution in [3.8, 4) is 17.0 Å². The summed E-state index contributed by atoms with van der Waals surface area (Å²) in [5, 5.41) is 0. The van der Waals surface area contributed by atoms with E-state index < -0.39 is 0 Å².